The summed E-state index contributed by atoms with van der Waals surface area (Å²) in [6.45, 7) is 0.630. The Hall–Kier alpha value is -2.85. The summed E-state index contributed by atoms with van der Waals surface area (Å²) in [5, 5.41) is 0.648. The number of nitrogens with zero attached hydrogens (tertiary/aromatic N) is 1. The molecule has 0 bridgehead atoms. The third-order valence-electron chi connectivity index (χ3n) is 5.39. The fourth-order valence-electron chi connectivity index (χ4n) is 3.98. The molecule has 0 aliphatic carbocycles. The topological polar surface area (TPSA) is 29.5 Å². The maximum atomic E-state index is 14.9. The molecule has 3 aromatic rings. The zero-order valence-electron chi connectivity index (χ0n) is 16.1. The Labute approximate surface area is 174 Å². The molecule has 1 amide bonds. The van der Waals surface area contributed by atoms with E-state index in [0.717, 1.165) is 18.4 Å². The van der Waals surface area contributed by atoms with E-state index in [4.69, 9.17) is 16.3 Å². The lowest BCUT2D eigenvalue weighted by Gasteiger charge is -2.26. The Balaban J connectivity index is 1.64. The van der Waals surface area contributed by atoms with Crippen LogP contribution in [-0.4, -0.2) is 24.5 Å². The van der Waals surface area contributed by atoms with Crippen molar-refractivity contribution in [3.63, 3.8) is 0 Å². The highest BCUT2D eigenvalue weighted by Crippen LogP contribution is 2.37. The maximum absolute atomic E-state index is 14.9. The van der Waals surface area contributed by atoms with E-state index in [-0.39, 0.29) is 11.9 Å². The molecule has 4 rings (SSSR count). The van der Waals surface area contributed by atoms with Gasteiger partial charge in [-0.25, -0.2) is 4.39 Å². The fraction of sp³-hybridized carbons (Fsp3) is 0.208. The van der Waals surface area contributed by atoms with Crippen LogP contribution in [0.3, 0.4) is 0 Å². The molecule has 0 unspecified atom stereocenters. The van der Waals surface area contributed by atoms with Crippen molar-refractivity contribution >= 4 is 17.5 Å². The minimum absolute atomic E-state index is 0.0897. The number of ether oxygens (including phenoxy) is 1. The van der Waals surface area contributed by atoms with Gasteiger partial charge in [0, 0.05) is 28.3 Å². The van der Waals surface area contributed by atoms with Gasteiger partial charge >= 0.3 is 0 Å². The molecule has 3 aromatic carbocycles. The fourth-order valence-corrected chi connectivity index (χ4v) is 4.24. The highest BCUT2D eigenvalue weighted by atomic mass is 35.5. The van der Waals surface area contributed by atoms with Crippen molar-refractivity contribution < 1.29 is 13.9 Å². The number of rotatable bonds is 4. The van der Waals surface area contributed by atoms with Gasteiger partial charge in [0.1, 0.15) is 11.6 Å². The van der Waals surface area contributed by atoms with Gasteiger partial charge in [-0.1, -0.05) is 54.1 Å². The van der Waals surface area contributed by atoms with Crippen LogP contribution in [0.15, 0.2) is 66.7 Å². The van der Waals surface area contributed by atoms with Crippen molar-refractivity contribution in [2.45, 2.75) is 18.9 Å². The van der Waals surface area contributed by atoms with Crippen LogP contribution in [0, 0.1) is 5.82 Å². The average molecular weight is 410 g/mol. The second kappa shape index (κ2) is 8.26. The number of hydrogen-bond donors (Lipinski definition) is 0. The number of amides is 1. The zero-order chi connectivity index (χ0) is 20.4. The monoisotopic (exact) mass is 409 g/mol. The number of benzene rings is 3. The van der Waals surface area contributed by atoms with Gasteiger partial charge in [0.05, 0.1) is 13.2 Å². The van der Waals surface area contributed by atoms with Gasteiger partial charge < -0.3 is 9.64 Å². The number of carbonyl (C=O) groups excluding carboxylic acids is 1. The number of carbonyl (C=O) groups is 1. The molecular formula is C24H21ClFNO2. The van der Waals surface area contributed by atoms with Gasteiger partial charge in [0.25, 0.3) is 5.91 Å². The summed E-state index contributed by atoms with van der Waals surface area (Å²) < 4.78 is 20.3. The van der Waals surface area contributed by atoms with Gasteiger partial charge in [0.2, 0.25) is 0 Å². The quantitative estimate of drug-likeness (QED) is 0.518. The lowest BCUT2D eigenvalue weighted by Crippen LogP contribution is -2.30. The Bertz CT molecular complexity index is 1050. The molecule has 148 valence electrons. The Morgan fingerprint density at radius 3 is 2.59 bits per heavy atom. The highest BCUT2D eigenvalue weighted by Gasteiger charge is 2.32. The number of para-hydroxylation sites is 1. The molecule has 1 atom stereocenters. The average Bonchev–Trinajstić information content (AvgIpc) is 3.23. The van der Waals surface area contributed by atoms with Gasteiger partial charge in [0.15, 0.2) is 0 Å². The lowest BCUT2D eigenvalue weighted by molar-refractivity contribution is 0.0735. The largest absolute Gasteiger partial charge is 0.496 e. The van der Waals surface area contributed by atoms with Crippen LogP contribution in [0.4, 0.5) is 4.39 Å². The molecule has 0 aromatic heterocycles. The smallest absolute Gasteiger partial charge is 0.254 e. The number of hydrogen-bond acceptors (Lipinski definition) is 2. The molecule has 29 heavy (non-hydrogen) atoms. The molecule has 0 N–H and O–H groups in total. The first-order valence-corrected chi connectivity index (χ1v) is 9.96. The van der Waals surface area contributed by atoms with Crippen LogP contribution in [0.2, 0.25) is 5.02 Å². The second-order valence-corrected chi connectivity index (χ2v) is 7.48. The number of likely N-dealkylation sites (tertiary alicyclic amines) is 1. The normalized spacial score (nSPS) is 16.1. The van der Waals surface area contributed by atoms with Crippen molar-refractivity contribution in [1.82, 2.24) is 4.90 Å². The van der Waals surface area contributed by atoms with Crippen LogP contribution in [0.25, 0.3) is 11.1 Å². The molecule has 0 saturated carbocycles. The maximum Gasteiger partial charge on any atom is 0.254 e. The first-order chi connectivity index (χ1) is 14.1. The van der Waals surface area contributed by atoms with Crippen LogP contribution >= 0.6 is 11.6 Å². The molecule has 1 aliphatic heterocycles. The molecule has 1 aliphatic rings. The predicted molar refractivity (Wildman–Crippen MR) is 113 cm³/mol. The van der Waals surface area contributed by atoms with Crippen LogP contribution in [0.5, 0.6) is 5.75 Å². The van der Waals surface area contributed by atoms with Crippen LogP contribution in [-0.2, 0) is 0 Å². The van der Waals surface area contributed by atoms with E-state index >= 15 is 0 Å². The SMILES string of the molecule is COc1ccccc1-c1ccc(C(=O)N2CCC[C@@H]2c2ccccc2Cl)cc1F. The molecule has 0 spiro atoms. The van der Waals surface area contributed by atoms with Crippen molar-refractivity contribution in [2.75, 3.05) is 13.7 Å². The Morgan fingerprint density at radius 2 is 1.83 bits per heavy atom. The van der Waals surface area contributed by atoms with Crippen LogP contribution < -0.4 is 4.74 Å². The molecule has 3 nitrogen and oxygen atoms in total. The van der Waals surface area contributed by atoms with Gasteiger partial charge in [-0.05, 0) is 42.7 Å². The van der Waals surface area contributed by atoms with Crippen molar-refractivity contribution in [3.8, 4) is 16.9 Å². The van der Waals surface area contributed by atoms with Crippen molar-refractivity contribution in [1.29, 1.82) is 0 Å². The van der Waals surface area contributed by atoms with E-state index in [1.807, 2.05) is 36.4 Å². The Morgan fingerprint density at radius 1 is 1.07 bits per heavy atom. The van der Waals surface area contributed by atoms with Crippen molar-refractivity contribution in [2.24, 2.45) is 0 Å². The number of halogens is 2. The summed E-state index contributed by atoms with van der Waals surface area (Å²) in [5.41, 5.74) is 2.33. The van der Waals surface area contributed by atoms with Gasteiger partial charge in [-0.2, -0.15) is 0 Å². The summed E-state index contributed by atoms with van der Waals surface area (Å²) in [6.07, 6.45) is 1.74. The standard InChI is InChI=1S/C24H21ClFNO2/c1-29-23-11-5-3-7-18(23)17-13-12-16(15-21(17)26)24(28)27-14-6-10-22(27)19-8-2-4-9-20(19)25/h2-5,7-9,11-13,15,22H,6,10,14H2,1H3/t22-/m1/s1. The van der Waals surface area contributed by atoms with Gasteiger partial charge in [-0.15, -0.1) is 0 Å². The zero-order valence-corrected chi connectivity index (χ0v) is 16.8. The highest BCUT2D eigenvalue weighted by molar-refractivity contribution is 6.31. The summed E-state index contributed by atoms with van der Waals surface area (Å²) in [5.74, 6) is -0.0458. The van der Waals surface area contributed by atoms with E-state index in [0.29, 0.717) is 34.0 Å². The molecule has 1 fully saturated rings. The Kier molecular flexibility index (Phi) is 5.54. The van der Waals surface area contributed by atoms with E-state index < -0.39 is 5.82 Å². The summed E-state index contributed by atoms with van der Waals surface area (Å²) in [7, 11) is 1.55. The predicted octanol–water partition coefficient (Wildman–Crippen LogP) is 6.13. The molecule has 5 heteroatoms. The second-order valence-electron chi connectivity index (χ2n) is 7.07. The molecule has 1 heterocycles. The van der Waals surface area contributed by atoms with E-state index in [2.05, 4.69) is 0 Å². The third-order valence-corrected chi connectivity index (χ3v) is 5.74. The summed E-state index contributed by atoms with van der Waals surface area (Å²) in [4.78, 5) is 14.9. The minimum Gasteiger partial charge on any atom is -0.496 e. The first kappa shape index (κ1) is 19.5. The number of methoxy groups -OCH3 is 1. The van der Waals surface area contributed by atoms with E-state index in [1.54, 1.807) is 36.3 Å². The molecular weight excluding hydrogens is 389 g/mol. The van der Waals surface area contributed by atoms with Gasteiger partial charge in [-0.3, -0.25) is 4.79 Å². The molecule has 0 radical (unpaired) electrons. The molecule has 1 saturated heterocycles. The first-order valence-electron chi connectivity index (χ1n) is 9.58. The van der Waals surface area contributed by atoms with E-state index in [9.17, 15) is 9.18 Å². The van der Waals surface area contributed by atoms with E-state index in [1.165, 1.54) is 6.07 Å². The van der Waals surface area contributed by atoms with Crippen LogP contribution in [0.1, 0.15) is 34.8 Å². The van der Waals surface area contributed by atoms with Crippen molar-refractivity contribution in [3.05, 3.63) is 88.7 Å². The summed E-state index contributed by atoms with van der Waals surface area (Å²) >= 11 is 6.35. The minimum atomic E-state index is -0.450. The lowest BCUT2D eigenvalue weighted by atomic mass is 10.0. The third kappa shape index (κ3) is 3.73. The summed E-state index contributed by atoms with van der Waals surface area (Å²) in [6, 6.07) is 19.4.